The van der Waals surface area contributed by atoms with Crippen LogP contribution in [0.5, 0.6) is 0 Å². The van der Waals surface area contributed by atoms with Gasteiger partial charge in [0.1, 0.15) is 0 Å². The highest BCUT2D eigenvalue weighted by molar-refractivity contribution is 5.94. The second kappa shape index (κ2) is 4.20. The molecule has 0 amide bonds. The number of nitrogens with zero attached hydrogens (tertiary/aromatic N) is 2. The third-order valence-corrected chi connectivity index (χ3v) is 2.92. The summed E-state index contributed by atoms with van der Waals surface area (Å²) in [4.78, 5) is 19.1. The third-order valence-electron chi connectivity index (χ3n) is 2.92. The van der Waals surface area contributed by atoms with Crippen molar-refractivity contribution < 1.29 is 14.3 Å². The normalized spacial score (nSPS) is 10.8. The average molecular weight is 254 g/mol. The fourth-order valence-electron chi connectivity index (χ4n) is 1.99. The molecule has 0 fully saturated rings. The lowest BCUT2D eigenvalue weighted by Gasteiger charge is -2.06. The molecule has 0 spiro atoms. The highest BCUT2D eigenvalue weighted by Crippen LogP contribution is 2.28. The molecule has 0 aliphatic carbocycles. The first-order valence-corrected chi connectivity index (χ1v) is 5.71. The smallest absolute Gasteiger partial charge is 0.374 e. The van der Waals surface area contributed by atoms with Crippen LogP contribution in [0.2, 0.25) is 0 Å². The van der Waals surface area contributed by atoms with E-state index in [4.69, 9.17) is 9.52 Å². The summed E-state index contributed by atoms with van der Waals surface area (Å²) in [6.07, 6.45) is 1.48. The molecule has 5 heteroatoms. The number of carboxylic acid groups (broad SMARTS) is 1. The van der Waals surface area contributed by atoms with Gasteiger partial charge in [0.15, 0.2) is 0 Å². The van der Waals surface area contributed by atoms with Gasteiger partial charge in [-0.1, -0.05) is 24.3 Å². The topological polar surface area (TPSA) is 76.2 Å². The zero-order valence-corrected chi connectivity index (χ0v) is 10.1. The molecular formula is C14H10N2O3. The summed E-state index contributed by atoms with van der Waals surface area (Å²) in [5.74, 6) is -1.44. The second-order valence-corrected chi connectivity index (χ2v) is 4.16. The molecule has 2 heterocycles. The molecule has 0 aliphatic heterocycles. The first-order chi connectivity index (χ1) is 9.16. The predicted octanol–water partition coefficient (Wildman–Crippen LogP) is 2.90. The van der Waals surface area contributed by atoms with Gasteiger partial charge in [0, 0.05) is 5.56 Å². The van der Waals surface area contributed by atoms with Crippen molar-refractivity contribution in [3.05, 3.63) is 48.0 Å². The first kappa shape index (κ1) is 11.4. The van der Waals surface area contributed by atoms with Gasteiger partial charge in [0.25, 0.3) is 0 Å². The molecule has 0 unspecified atom stereocenters. The van der Waals surface area contributed by atoms with Crippen molar-refractivity contribution in [2.45, 2.75) is 6.92 Å². The van der Waals surface area contributed by atoms with Gasteiger partial charge in [0.2, 0.25) is 11.5 Å². The standard InChI is InChI=1S/C14H10N2O3/c1-8-4-2-3-5-9(8)11-10-6-7-19-13(10)16-12(15-11)14(17)18/h2-7H,1H3,(H,17,18). The highest BCUT2D eigenvalue weighted by atomic mass is 16.4. The summed E-state index contributed by atoms with van der Waals surface area (Å²) in [7, 11) is 0. The molecular weight excluding hydrogens is 244 g/mol. The van der Waals surface area contributed by atoms with E-state index >= 15 is 0 Å². The number of aryl methyl sites for hydroxylation is 1. The number of hydrogen-bond acceptors (Lipinski definition) is 4. The molecule has 1 aromatic carbocycles. The number of aromatic nitrogens is 2. The van der Waals surface area contributed by atoms with Gasteiger partial charge in [-0.3, -0.25) is 0 Å². The lowest BCUT2D eigenvalue weighted by Crippen LogP contribution is -2.05. The molecule has 2 aromatic heterocycles. The Morgan fingerprint density at radius 1 is 1.21 bits per heavy atom. The summed E-state index contributed by atoms with van der Waals surface area (Å²) in [5.41, 5.74) is 2.75. The van der Waals surface area contributed by atoms with Gasteiger partial charge >= 0.3 is 5.97 Å². The van der Waals surface area contributed by atoms with E-state index in [1.807, 2.05) is 31.2 Å². The Morgan fingerprint density at radius 3 is 2.74 bits per heavy atom. The largest absolute Gasteiger partial charge is 0.475 e. The summed E-state index contributed by atoms with van der Waals surface area (Å²) in [6.45, 7) is 1.95. The second-order valence-electron chi connectivity index (χ2n) is 4.16. The molecule has 3 rings (SSSR count). The van der Waals surface area contributed by atoms with Crippen molar-refractivity contribution in [1.29, 1.82) is 0 Å². The van der Waals surface area contributed by atoms with Crippen molar-refractivity contribution in [3.8, 4) is 11.3 Å². The molecule has 0 radical (unpaired) electrons. The van der Waals surface area contributed by atoms with Crippen LogP contribution in [0.1, 0.15) is 16.2 Å². The Labute approximate surface area is 108 Å². The molecule has 3 aromatic rings. The molecule has 19 heavy (non-hydrogen) atoms. The molecule has 0 bridgehead atoms. The van der Waals surface area contributed by atoms with E-state index in [0.717, 1.165) is 11.1 Å². The summed E-state index contributed by atoms with van der Waals surface area (Å²) >= 11 is 0. The van der Waals surface area contributed by atoms with Crippen molar-refractivity contribution in [2.24, 2.45) is 0 Å². The zero-order chi connectivity index (χ0) is 13.4. The van der Waals surface area contributed by atoms with E-state index in [1.165, 1.54) is 6.26 Å². The van der Waals surface area contributed by atoms with Crippen molar-refractivity contribution in [1.82, 2.24) is 9.97 Å². The molecule has 0 atom stereocenters. The monoisotopic (exact) mass is 254 g/mol. The molecule has 1 N–H and O–H groups in total. The number of aromatic carboxylic acids is 1. The fraction of sp³-hybridized carbons (Fsp3) is 0.0714. The number of rotatable bonds is 2. The van der Waals surface area contributed by atoms with Crippen LogP contribution in [0, 0.1) is 6.92 Å². The molecule has 0 saturated carbocycles. The average Bonchev–Trinajstić information content (AvgIpc) is 2.86. The van der Waals surface area contributed by atoms with Crippen molar-refractivity contribution in [2.75, 3.05) is 0 Å². The Bertz CT molecular complexity index is 777. The molecule has 94 valence electrons. The van der Waals surface area contributed by atoms with Gasteiger partial charge in [-0.25, -0.2) is 9.78 Å². The number of carboxylic acids is 1. The molecule has 0 saturated heterocycles. The Morgan fingerprint density at radius 2 is 2.00 bits per heavy atom. The lowest BCUT2D eigenvalue weighted by atomic mass is 10.0. The summed E-state index contributed by atoms with van der Waals surface area (Å²) in [5, 5.41) is 9.76. The van der Waals surface area contributed by atoms with Crippen LogP contribution in [0.4, 0.5) is 0 Å². The van der Waals surface area contributed by atoms with Gasteiger partial charge in [-0.15, -0.1) is 0 Å². The van der Waals surface area contributed by atoms with E-state index in [2.05, 4.69) is 9.97 Å². The predicted molar refractivity (Wildman–Crippen MR) is 68.9 cm³/mol. The van der Waals surface area contributed by atoms with Crippen molar-refractivity contribution >= 4 is 17.1 Å². The van der Waals surface area contributed by atoms with Gasteiger partial charge in [-0.05, 0) is 18.6 Å². The summed E-state index contributed by atoms with van der Waals surface area (Å²) in [6, 6.07) is 9.39. The number of benzene rings is 1. The highest BCUT2D eigenvalue weighted by Gasteiger charge is 2.16. The number of carbonyl (C=O) groups is 1. The Hall–Kier alpha value is -2.69. The van der Waals surface area contributed by atoms with E-state index < -0.39 is 5.97 Å². The minimum Gasteiger partial charge on any atom is -0.475 e. The maximum Gasteiger partial charge on any atom is 0.374 e. The molecule has 5 nitrogen and oxygen atoms in total. The van der Waals surface area contributed by atoms with Crippen LogP contribution < -0.4 is 0 Å². The quantitative estimate of drug-likeness (QED) is 0.760. The van der Waals surface area contributed by atoms with E-state index in [0.29, 0.717) is 11.1 Å². The van der Waals surface area contributed by atoms with Crippen LogP contribution in [-0.4, -0.2) is 21.0 Å². The summed E-state index contributed by atoms with van der Waals surface area (Å²) < 4.78 is 5.20. The number of fused-ring (bicyclic) bond motifs is 1. The van der Waals surface area contributed by atoms with Crippen LogP contribution in [0.25, 0.3) is 22.4 Å². The minimum atomic E-state index is -1.17. The van der Waals surface area contributed by atoms with E-state index in [-0.39, 0.29) is 11.5 Å². The van der Waals surface area contributed by atoms with E-state index in [9.17, 15) is 4.79 Å². The van der Waals surface area contributed by atoms with Crippen molar-refractivity contribution in [3.63, 3.8) is 0 Å². The third kappa shape index (κ3) is 1.85. The maximum absolute atomic E-state index is 11.1. The van der Waals surface area contributed by atoms with Crippen LogP contribution >= 0.6 is 0 Å². The number of hydrogen-bond donors (Lipinski definition) is 1. The first-order valence-electron chi connectivity index (χ1n) is 5.71. The SMILES string of the molecule is Cc1ccccc1-c1nc(C(=O)O)nc2occc12. The van der Waals surface area contributed by atoms with E-state index in [1.54, 1.807) is 6.07 Å². The van der Waals surface area contributed by atoms with Crippen LogP contribution in [-0.2, 0) is 0 Å². The van der Waals surface area contributed by atoms with Gasteiger partial charge < -0.3 is 9.52 Å². The lowest BCUT2D eigenvalue weighted by molar-refractivity contribution is 0.0683. The molecule has 0 aliphatic rings. The Balaban J connectivity index is 2.36. The van der Waals surface area contributed by atoms with Crippen LogP contribution in [0.3, 0.4) is 0 Å². The number of furan rings is 1. The Kier molecular flexibility index (Phi) is 2.52. The zero-order valence-electron chi connectivity index (χ0n) is 10.1. The maximum atomic E-state index is 11.1. The minimum absolute atomic E-state index is 0.263. The van der Waals surface area contributed by atoms with Crippen LogP contribution in [0.15, 0.2) is 41.0 Å². The fourth-order valence-corrected chi connectivity index (χ4v) is 1.99. The van der Waals surface area contributed by atoms with Gasteiger partial charge in [-0.2, -0.15) is 4.98 Å². The van der Waals surface area contributed by atoms with Gasteiger partial charge in [0.05, 0.1) is 17.3 Å².